The summed E-state index contributed by atoms with van der Waals surface area (Å²) in [5, 5.41) is 0. The Bertz CT molecular complexity index is 554. The zero-order valence-electron chi connectivity index (χ0n) is 15.2. The molecular formula is C21H33N2+. The molecule has 0 spiro atoms. The molecule has 0 fully saturated rings. The molecular weight excluding hydrogens is 280 g/mol. The summed E-state index contributed by atoms with van der Waals surface area (Å²) in [6.07, 6.45) is 14.0. The molecule has 0 saturated heterocycles. The molecule has 2 aromatic rings. The van der Waals surface area contributed by atoms with Crippen molar-refractivity contribution < 1.29 is 4.57 Å². The van der Waals surface area contributed by atoms with Crippen LogP contribution in [0.25, 0.3) is 11.4 Å². The van der Waals surface area contributed by atoms with Crippen LogP contribution in [0.1, 0.15) is 71.8 Å². The first-order valence-electron chi connectivity index (χ1n) is 9.39. The minimum atomic E-state index is 0.487. The van der Waals surface area contributed by atoms with E-state index in [4.69, 9.17) is 0 Å². The lowest BCUT2D eigenvalue weighted by molar-refractivity contribution is -0.686. The summed E-state index contributed by atoms with van der Waals surface area (Å²) >= 11 is 0. The lowest BCUT2D eigenvalue weighted by atomic mass is 10.1. The smallest absolute Gasteiger partial charge is 0.230 e. The van der Waals surface area contributed by atoms with E-state index in [2.05, 4.69) is 72.6 Å². The molecule has 0 bridgehead atoms. The van der Waals surface area contributed by atoms with Gasteiger partial charge in [-0.1, -0.05) is 57.2 Å². The van der Waals surface area contributed by atoms with Crippen LogP contribution < -0.4 is 4.57 Å². The van der Waals surface area contributed by atoms with E-state index in [1.807, 2.05) is 0 Å². The van der Waals surface area contributed by atoms with Crippen molar-refractivity contribution in [2.24, 2.45) is 0 Å². The fraction of sp³-hybridized carbons (Fsp3) is 0.571. The fourth-order valence-corrected chi connectivity index (χ4v) is 3.18. The standard InChI is InChI=1S/C21H33N2/c1-4-5-6-7-8-9-13-16-22-17-18-23(19(2)3)21(22)20-14-11-10-12-15-20/h10-12,14-15,17-19H,4-9,13,16H2,1-3H3/q+1. The second kappa shape index (κ2) is 9.54. The molecule has 0 aliphatic carbocycles. The highest BCUT2D eigenvalue weighted by Crippen LogP contribution is 2.19. The van der Waals surface area contributed by atoms with Crippen LogP contribution in [0, 0.1) is 0 Å². The number of hydrogen-bond acceptors (Lipinski definition) is 0. The normalized spacial score (nSPS) is 11.3. The Morgan fingerprint density at radius 1 is 0.913 bits per heavy atom. The van der Waals surface area contributed by atoms with Gasteiger partial charge in [-0.2, -0.15) is 0 Å². The van der Waals surface area contributed by atoms with Gasteiger partial charge in [0.05, 0.1) is 18.2 Å². The van der Waals surface area contributed by atoms with Crippen LogP contribution in [0.2, 0.25) is 0 Å². The van der Waals surface area contributed by atoms with Crippen molar-refractivity contribution in [3.8, 4) is 11.4 Å². The average molecular weight is 314 g/mol. The third-order valence-electron chi connectivity index (χ3n) is 4.51. The zero-order valence-corrected chi connectivity index (χ0v) is 15.2. The van der Waals surface area contributed by atoms with Crippen molar-refractivity contribution in [1.29, 1.82) is 0 Å². The van der Waals surface area contributed by atoms with Crippen molar-refractivity contribution >= 4 is 0 Å². The third-order valence-corrected chi connectivity index (χ3v) is 4.51. The molecule has 1 heterocycles. The number of unbranched alkanes of at least 4 members (excludes halogenated alkanes) is 6. The monoisotopic (exact) mass is 313 g/mol. The van der Waals surface area contributed by atoms with Crippen molar-refractivity contribution in [2.45, 2.75) is 78.3 Å². The lowest BCUT2D eigenvalue weighted by Gasteiger charge is -2.08. The second-order valence-electron chi connectivity index (χ2n) is 6.80. The van der Waals surface area contributed by atoms with Crippen LogP contribution >= 0.6 is 0 Å². The van der Waals surface area contributed by atoms with E-state index in [1.54, 1.807) is 0 Å². The first-order chi connectivity index (χ1) is 11.2. The number of rotatable bonds is 10. The van der Waals surface area contributed by atoms with Crippen molar-refractivity contribution in [3.05, 3.63) is 42.7 Å². The van der Waals surface area contributed by atoms with Gasteiger partial charge in [0.15, 0.2) is 0 Å². The van der Waals surface area contributed by atoms with Crippen molar-refractivity contribution in [2.75, 3.05) is 0 Å². The molecule has 0 N–H and O–H groups in total. The predicted molar refractivity (Wildman–Crippen MR) is 98.4 cm³/mol. The first kappa shape index (κ1) is 17.8. The van der Waals surface area contributed by atoms with E-state index in [0.29, 0.717) is 6.04 Å². The zero-order chi connectivity index (χ0) is 16.5. The van der Waals surface area contributed by atoms with E-state index in [1.165, 1.54) is 56.3 Å². The predicted octanol–water partition coefficient (Wildman–Crippen LogP) is 5.77. The van der Waals surface area contributed by atoms with Gasteiger partial charge in [0, 0.05) is 0 Å². The van der Waals surface area contributed by atoms with E-state index in [9.17, 15) is 0 Å². The van der Waals surface area contributed by atoms with Gasteiger partial charge >= 0.3 is 0 Å². The van der Waals surface area contributed by atoms with Crippen LogP contribution in [0.4, 0.5) is 0 Å². The average Bonchev–Trinajstić information content (AvgIpc) is 2.99. The maximum atomic E-state index is 2.43. The SMILES string of the molecule is CCCCCCCCC[n+]1ccn(C(C)C)c1-c1ccccc1. The molecule has 23 heavy (non-hydrogen) atoms. The van der Waals surface area contributed by atoms with Crippen LogP contribution in [-0.4, -0.2) is 4.57 Å². The minimum Gasteiger partial charge on any atom is -0.230 e. The molecule has 0 aliphatic rings. The van der Waals surface area contributed by atoms with Crippen LogP contribution in [-0.2, 0) is 6.54 Å². The number of nitrogens with zero attached hydrogens (tertiary/aromatic N) is 2. The van der Waals surface area contributed by atoms with Crippen LogP contribution in [0.5, 0.6) is 0 Å². The summed E-state index contributed by atoms with van der Waals surface area (Å²) in [5.41, 5.74) is 1.31. The molecule has 2 rings (SSSR count). The Morgan fingerprint density at radius 3 is 2.22 bits per heavy atom. The van der Waals surface area contributed by atoms with Crippen molar-refractivity contribution in [3.63, 3.8) is 0 Å². The highest BCUT2D eigenvalue weighted by molar-refractivity contribution is 5.52. The van der Waals surface area contributed by atoms with E-state index >= 15 is 0 Å². The highest BCUT2D eigenvalue weighted by Gasteiger charge is 2.20. The van der Waals surface area contributed by atoms with Gasteiger partial charge in [-0.15, -0.1) is 0 Å². The van der Waals surface area contributed by atoms with Gasteiger partial charge < -0.3 is 0 Å². The summed E-state index contributed by atoms with van der Waals surface area (Å²) in [4.78, 5) is 0. The first-order valence-corrected chi connectivity index (χ1v) is 9.39. The number of benzene rings is 1. The lowest BCUT2D eigenvalue weighted by Crippen LogP contribution is -2.35. The summed E-state index contributed by atoms with van der Waals surface area (Å²) in [5.74, 6) is 1.34. The number of imidazole rings is 1. The van der Waals surface area contributed by atoms with Gasteiger partial charge in [-0.05, 0) is 38.8 Å². The van der Waals surface area contributed by atoms with Gasteiger partial charge in [-0.25, -0.2) is 9.13 Å². The van der Waals surface area contributed by atoms with Gasteiger partial charge in [0.25, 0.3) is 5.82 Å². The second-order valence-corrected chi connectivity index (χ2v) is 6.80. The third kappa shape index (κ3) is 5.23. The Balaban J connectivity index is 1.97. The van der Waals surface area contributed by atoms with Crippen molar-refractivity contribution in [1.82, 2.24) is 4.57 Å². The number of hydrogen-bond donors (Lipinski definition) is 0. The molecule has 2 heteroatoms. The molecule has 1 aromatic carbocycles. The molecule has 0 radical (unpaired) electrons. The maximum Gasteiger partial charge on any atom is 0.289 e. The number of aromatic nitrogens is 2. The summed E-state index contributed by atoms with van der Waals surface area (Å²) in [6.45, 7) is 7.91. The highest BCUT2D eigenvalue weighted by atomic mass is 15.2. The van der Waals surface area contributed by atoms with E-state index < -0.39 is 0 Å². The van der Waals surface area contributed by atoms with E-state index in [0.717, 1.165) is 6.54 Å². The van der Waals surface area contributed by atoms with Crippen LogP contribution in [0.3, 0.4) is 0 Å². The molecule has 0 saturated carbocycles. The minimum absolute atomic E-state index is 0.487. The molecule has 0 atom stereocenters. The Kier molecular flexibility index (Phi) is 7.38. The van der Waals surface area contributed by atoms with Gasteiger partial charge in [0.1, 0.15) is 12.4 Å². The largest absolute Gasteiger partial charge is 0.289 e. The van der Waals surface area contributed by atoms with Crippen LogP contribution in [0.15, 0.2) is 42.7 Å². The quantitative estimate of drug-likeness (QED) is 0.389. The molecule has 1 aromatic heterocycles. The summed E-state index contributed by atoms with van der Waals surface area (Å²) in [6, 6.07) is 11.3. The molecule has 126 valence electrons. The molecule has 0 amide bonds. The summed E-state index contributed by atoms with van der Waals surface area (Å²) < 4.78 is 4.82. The Hall–Kier alpha value is -1.57. The topological polar surface area (TPSA) is 8.81 Å². The number of aryl methyl sites for hydroxylation is 1. The molecule has 0 aliphatic heterocycles. The Labute approximate surface area is 142 Å². The Morgan fingerprint density at radius 2 is 1.57 bits per heavy atom. The summed E-state index contributed by atoms with van der Waals surface area (Å²) in [7, 11) is 0. The molecule has 2 nitrogen and oxygen atoms in total. The molecule has 0 unspecified atom stereocenters. The fourth-order valence-electron chi connectivity index (χ4n) is 3.18. The maximum absolute atomic E-state index is 2.43. The van der Waals surface area contributed by atoms with Gasteiger partial charge in [-0.3, -0.25) is 0 Å². The van der Waals surface area contributed by atoms with E-state index in [-0.39, 0.29) is 0 Å². The van der Waals surface area contributed by atoms with Gasteiger partial charge in [0.2, 0.25) is 0 Å².